The van der Waals surface area contributed by atoms with Gasteiger partial charge in [0.05, 0.1) is 6.61 Å². The average molecular weight is 351 g/mol. The molecule has 25 heavy (non-hydrogen) atoms. The molecular weight excluding hydrogens is 334 g/mol. The lowest BCUT2D eigenvalue weighted by Crippen LogP contribution is -2.16. The molecule has 0 radical (unpaired) electrons. The molecule has 0 aliphatic rings. The molecule has 0 atom stereocenters. The predicted molar refractivity (Wildman–Crippen MR) is 103 cm³/mol. The Balaban J connectivity index is 1.95. The normalized spacial score (nSPS) is 11.3. The van der Waals surface area contributed by atoms with Gasteiger partial charge in [-0.2, -0.15) is 0 Å². The quantitative estimate of drug-likeness (QED) is 0.592. The lowest BCUT2D eigenvalue weighted by molar-refractivity contribution is 0.311. The second-order valence-electron chi connectivity index (χ2n) is 5.86. The monoisotopic (exact) mass is 351 g/mol. The second kappa shape index (κ2) is 6.31. The fourth-order valence-corrected chi connectivity index (χ4v) is 4.03. The minimum absolute atomic E-state index is 0.0440. The molecule has 5 nitrogen and oxygen atoms in total. The average Bonchev–Trinajstić information content (AvgIpc) is 3.01. The summed E-state index contributed by atoms with van der Waals surface area (Å²) in [7, 11) is 0. The molecule has 6 heteroatoms. The van der Waals surface area contributed by atoms with Crippen LogP contribution in [0.4, 0.5) is 5.69 Å². The number of aryl methyl sites for hydroxylation is 1. The molecule has 0 aliphatic carbocycles. The molecule has 3 heterocycles. The standard InChI is InChI=1S/C19H17N3O2S/c1-12-2-4-13(5-3-12)22-10-7-14-16-15(20-9-11-23)6-8-21-18(16)25-17(14)19(22)24/h2-8,10,23H,9,11H2,1H3,(H,20,21). The molecule has 0 amide bonds. The van der Waals surface area contributed by atoms with E-state index in [1.807, 2.05) is 49.5 Å². The second-order valence-corrected chi connectivity index (χ2v) is 6.86. The first-order valence-corrected chi connectivity index (χ1v) is 8.85. The van der Waals surface area contributed by atoms with Crippen LogP contribution in [-0.2, 0) is 0 Å². The van der Waals surface area contributed by atoms with Crippen LogP contribution in [0.15, 0.2) is 53.6 Å². The number of thiophene rings is 1. The van der Waals surface area contributed by atoms with Crippen LogP contribution >= 0.6 is 11.3 Å². The minimum atomic E-state index is -0.0440. The van der Waals surface area contributed by atoms with Crippen molar-refractivity contribution in [2.75, 3.05) is 18.5 Å². The van der Waals surface area contributed by atoms with Crippen LogP contribution in [0.25, 0.3) is 26.0 Å². The molecule has 0 unspecified atom stereocenters. The van der Waals surface area contributed by atoms with Crippen molar-refractivity contribution >= 4 is 37.3 Å². The Morgan fingerprint density at radius 1 is 1.20 bits per heavy atom. The highest BCUT2D eigenvalue weighted by Crippen LogP contribution is 2.35. The number of rotatable bonds is 4. The van der Waals surface area contributed by atoms with Gasteiger partial charge in [-0.3, -0.25) is 9.36 Å². The van der Waals surface area contributed by atoms with Gasteiger partial charge in [-0.15, -0.1) is 11.3 Å². The van der Waals surface area contributed by atoms with Crippen molar-refractivity contribution in [1.29, 1.82) is 0 Å². The molecule has 2 N–H and O–H groups in total. The van der Waals surface area contributed by atoms with Crippen molar-refractivity contribution in [3.8, 4) is 5.69 Å². The van der Waals surface area contributed by atoms with Gasteiger partial charge in [-0.1, -0.05) is 17.7 Å². The number of aliphatic hydroxyl groups is 1. The van der Waals surface area contributed by atoms with E-state index >= 15 is 0 Å². The van der Waals surface area contributed by atoms with E-state index in [1.165, 1.54) is 11.3 Å². The van der Waals surface area contributed by atoms with Crippen LogP contribution in [0, 0.1) is 6.92 Å². The van der Waals surface area contributed by atoms with Crippen molar-refractivity contribution < 1.29 is 5.11 Å². The number of nitrogens with zero attached hydrogens (tertiary/aromatic N) is 2. The first-order valence-electron chi connectivity index (χ1n) is 8.03. The van der Waals surface area contributed by atoms with Crippen LogP contribution < -0.4 is 10.9 Å². The smallest absolute Gasteiger partial charge is 0.273 e. The number of benzene rings is 1. The first-order chi connectivity index (χ1) is 12.2. The van der Waals surface area contributed by atoms with E-state index in [0.717, 1.165) is 32.5 Å². The summed E-state index contributed by atoms with van der Waals surface area (Å²) in [5.74, 6) is 0. The SMILES string of the molecule is Cc1ccc(-n2ccc3c(sc4nccc(NCCO)c43)c2=O)cc1. The highest BCUT2D eigenvalue weighted by atomic mass is 32.1. The number of hydrogen-bond donors (Lipinski definition) is 2. The number of fused-ring (bicyclic) bond motifs is 3. The maximum atomic E-state index is 13.0. The van der Waals surface area contributed by atoms with Crippen LogP contribution in [0.3, 0.4) is 0 Å². The summed E-state index contributed by atoms with van der Waals surface area (Å²) >= 11 is 1.40. The highest BCUT2D eigenvalue weighted by molar-refractivity contribution is 7.25. The van der Waals surface area contributed by atoms with E-state index in [2.05, 4.69) is 10.3 Å². The van der Waals surface area contributed by atoms with Gasteiger partial charge in [0.25, 0.3) is 5.56 Å². The third-order valence-corrected chi connectivity index (χ3v) is 5.27. The van der Waals surface area contributed by atoms with Gasteiger partial charge in [-0.25, -0.2) is 4.98 Å². The maximum absolute atomic E-state index is 13.0. The van der Waals surface area contributed by atoms with Crippen LogP contribution in [0.1, 0.15) is 5.56 Å². The number of aliphatic hydroxyl groups excluding tert-OH is 1. The van der Waals surface area contributed by atoms with Crippen molar-refractivity contribution in [3.05, 3.63) is 64.7 Å². The van der Waals surface area contributed by atoms with Gasteiger partial charge in [0.2, 0.25) is 0 Å². The number of aromatic nitrogens is 2. The van der Waals surface area contributed by atoms with Crippen molar-refractivity contribution in [2.24, 2.45) is 0 Å². The number of anilines is 1. The van der Waals surface area contributed by atoms with Crippen LogP contribution in [-0.4, -0.2) is 27.8 Å². The first kappa shape index (κ1) is 15.8. The summed E-state index contributed by atoms with van der Waals surface area (Å²) in [6, 6.07) is 11.7. The molecular formula is C19H17N3O2S. The molecule has 4 aromatic rings. The summed E-state index contributed by atoms with van der Waals surface area (Å²) < 4.78 is 2.35. The van der Waals surface area contributed by atoms with Crippen LogP contribution in [0.5, 0.6) is 0 Å². The van der Waals surface area contributed by atoms with E-state index in [0.29, 0.717) is 11.2 Å². The number of nitrogens with one attached hydrogen (secondary N) is 1. The molecule has 0 aliphatic heterocycles. The fraction of sp³-hybridized carbons (Fsp3) is 0.158. The fourth-order valence-electron chi connectivity index (χ4n) is 2.94. The Labute approximate surface area is 148 Å². The lowest BCUT2D eigenvalue weighted by atomic mass is 10.2. The minimum Gasteiger partial charge on any atom is -0.395 e. The Hall–Kier alpha value is -2.70. The molecule has 3 aromatic heterocycles. The third kappa shape index (κ3) is 2.69. The Kier molecular flexibility index (Phi) is 3.99. The lowest BCUT2D eigenvalue weighted by Gasteiger charge is -2.07. The zero-order valence-electron chi connectivity index (χ0n) is 13.7. The van der Waals surface area contributed by atoms with Gasteiger partial charge in [0.1, 0.15) is 9.53 Å². The molecule has 0 spiro atoms. The van der Waals surface area contributed by atoms with Gasteiger partial charge >= 0.3 is 0 Å². The molecule has 0 saturated carbocycles. The third-order valence-electron chi connectivity index (χ3n) is 4.17. The largest absolute Gasteiger partial charge is 0.395 e. The summed E-state index contributed by atoms with van der Waals surface area (Å²) in [5.41, 5.74) is 2.85. The van der Waals surface area contributed by atoms with E-state index < -0.39 is 0 Å². The predicted octanol–water partition coefficient (Wildman–Crippen LogP) is 3.31. The molecule has 0 fully saturated rings. The molecule has 4 rings (SSSR count). The molecule has 0 saturated heterocycles. The Morgan fingerprint density at radius 2 is 2.00 bits per heavy atom. The van der Waals surface area contributed by atoms with Crippen molar-refractivity contribution in [2.45, 2.75) is 6.92 Å². The van der Waals surface area contributed by atoms with E-state index in [1.54, 1.807) is 10.8 Å². The zero-order valence-corrected chi connectivity index (χ0v) is 14.5. The van der Waals surface area contributed by atoms with Gasteiger partial charge in [-0.05, 0) is 31.2 Å². The van der Waals surface area contributed by atoms with Gasteiger partial charge in [0.15, 0.2) is 0 Å². The van der Waals surface area contributed by atoms with Gasteiger partial charge in [0, 0.05) is 41.1 Å². The highest BCUT2D eigenvalue weighted by Gasteiger charge is 2.14. The van der Waals surface area contributed by atoms with E-state index in [-0.39, 0.29) is 12.2 Å². The summed E-state index contributed by atoms with van der Waals surface area (Å²) in [5, 5.41) is 14.1. The molecule has 1 aromatic carbocycles. The number of pyridine rings is 2. The van der Waals surface area contributed by atoms with Crippen molar-refractivity contribution in [3.63, 3.8) is 0 Å². The summed E-state index contributed by atoms with van der Waals surface area (Å²) in [6.07, 6.45) is 3.53. The topological polar surface area (TPSA) is 67.2 Å². The van der Waals surface area contributed by atoms with Crippen molar-refractivity contribution in [1.82, 2.24) is 9.55 Å². The van der Waals surface area contributed by atoms with Gasteiger partial charge < -0.3 is 10.4 Å². The Morgan fingerprint density at radius 3 is 2.76 bits per heavy atom. The Bertz CT molecular complexity index is 1110. The summed E-state index contributed by atoms with van der Waals surface area (Å²) in [4.78, 5) is 18.2. The maximum Gasteiger partial charge on any atom is 0.273 e. The molecule has 0 bridgehead atoms. The van der Waals surface area contributed by atoms with E-state index in [9.17, 15) is 4.79 Å². The zero-order chi connectivity index (χ0) is 17.4. The summed E-state index contributed by atoms with van der Waals surface area (Å²) in [6.45, 7) is 2.53. The van der Waals surface area contributed by atoms with E-state index in [4.69, 9.17) is 5.11 Å². The molecule has 126 valence electrons. The van der Waals surface area contributed by atoms with Crippen LogP contribution in [0.2, 0.25) is 0 Å². The number of hydrogen-bond acceptors (Lipinski definition) is 5.